The molecule has 3 aromatic heterocycles. The first-order chi connectivity index (χ1) is 9.69. The summed E-state index contributed by atoms with van der Waals surface area (Å²) in [4.78, 5) is 7.42. The largest absolute Gasteiger partial charge is 0.395 e. The molecule has 6 nitrogen and oxygen atoms in total. The van der Waals surface area contributed by atoms with Gasteiger partial charge in [-0.15, -0.1) is 11.3 Å². The number of fused-ring (bicyclic) bond motifs is 1. The predicted molar refractivity (Wildman–Crippen MR) is 82.0 cm³/mol. The van der Waals surface area contributed by atoms with Crippen molar-refractivity contribution in [2.45, 2.75) is 0 Å². The van der Waals surface area contributed by atoms with E-state index in [2.05, 4.69) is 15.2 Å². The van der Waals surface area contributed by atoms with Gasteiger partial charge in [-0.05, 0) is 12.1 Å². The Kier molecular flexibility index (Phi) is 3.29. The van der Waals surface area contributed by atoms with Crippen molar-refractivity contribution in [3.8, 4) is 10.6 Å². The van der Waals surface area contributed by atoms with Crippen LogP contribution in [0.3, 0.4) is 0 Å². The molecule has 0 saturated carbocycles. The van der Waals surface area contributed by atoms with Gasteiger partial charge in [0.1, 0.15) is 5.82 Å². The number of nitrogens with one attached hydrogen (secondary N) is 1. The van der Waals surface area contributed by atoms with Crippen molar-refractivity contribution < 1.29 is 5.11 Å². The molecule has 0 unspecified atom stereocenters. The second-order valence-electron chi connectivity index (χ2n) is 4.51. The Hall–Kier alpha value is -2.12. The number of rotatable bonds is 4. The lowest BCUT2D eigenvalue weighted by Crippen LogP contribution is -2.21. The number of aromatic amines is 1. The lowest BCUT2D eigenvalue weighted by atomic mass is 10.3. The molecule has 0 aliphatic heterocycles. The van der Waals surface area contributed by atoms with Gasteiger partial charge >= 0.3 is 0 Å². The fourth-order valence-corrected chi connectivity index (χ4v) is 3.25. The van der Waals surface area contributed by atoms with Crippen LogP contribution in [-0.4, -0.2) is 40.5 Å². The first-order valence-corrected chi connectivity index (χ1v) is 7.02. The van der Waals surface area contributed by atoms with Gasteiger partial charge in [0.25, 0.3) is 0 Å². The third-order valence-corrected chi connectivity index (χ3v) is 4.27. The van der Waals surface area contributed by atoms with Crippen LogP contribution in [0.1, 0.15) is 0 Å². The predicted octanol–water partition coefficient (Wildman–Crippen LogP) is 1.70. The van der Waals surface area contributed by atoms with Crippen LogP contribution in [0.15, 0.2) is 24.4 Å². The van der Waals surface area contributed by atoms with Crippen LogP contribution in [0.5, 0.6) is 0 Å². The molecule has 0 atom stereocenters. The average molecular weight is 289 g/mol. The summed E-state index contributed by atoms with van der Waals surface area (Å²) in [6.45, 7) is 0.648. The number of nitrogens with two attached hydrogens (primary N) is 1. The summed E-state index contributed by atoms with van der Waals surface area (Å²) in [7, 11) is 1.93. The topological polar surface area (TPSA) is 91.1 Å². The van der Waals surface area contributed by atoms with E-state index in [4.69, 9.17) is 10.8 Å². The molecule has 104 valence electrons. The SMILES string of the molecule is CN(CCO)c1cc(N)nc2cc(-c3ccn[nH]3)sc12. The van der Waals surface area contributed by atoms with Crippen molar-refractivity contribution >= 4 is 33.1 Å². The zero-order chi connectivity index (χ0) is 14.1. The van der Waals surface area contributed by atoms with E-state index in [1.165, 1.54) is 0 Å². The summed E-state index contributed by atoms with van der Waals surface area (Å²) in [5.41, 5.74) is 8.68. The lowest BCUT2D eigenvalue weighted by Gasteiger charge is -2.18. The zero-order valence-corrected chi connectivity index (χ0v) is 11.8. The van der Waals surface area contributed by atoms with E-state index in [9.17, 15) is 0 Å². The minimum Gasteiger partial charge on any atom is -0.395 e. The number of hydrogen-bond acceptors (Lipinski definition) is 6. The van der Waals surface area contributed by atoms with Gasteiger partial charge in [-0.25, -0.2) is 4.98 Å². The summed E-state index contributed by atoms with van der Waals surface area (Å²) in [5.74, 6) is 0.478. The molecule has 0 bridgehead atoms. The van der Waals surface area contributed by atoms with Crippen LogP contribution < -0.4 is 10.6 Å². The van der Waals surface area contributed by atoms with Gasteiger partial charge in [0.2, 0.25) is 0 Å². The summed E-state index contributed by atoms with van der Waals surface area (Å²) in [6, 6.07) is 5.76. The van der Waals surface area contributed by atoms with Gasteiger partial charge in [0.05, 0.1) is 33.1 Å². The molecule has 3 rings (SSSR count). The number of aromatic nitrogens is 3. The minimum absolute atomic E-state index is 0.0962. The molecule has 0 spiro atoms. The highest BCUT2D eigenvalue weighted by Gasteiger charge is 2.13. The summed E-state index contributed by atoms with van der Waals surface area (Å²) in [5, 5.41) is 16.0. The fraction of sp³-hybridized carbons (Fsp3) is 0.231. The van der Waals surface area contributed by atoms with Gasteiger partial charge in [0.15, 0.2) is 0 Å². The number of thiophene rings is 1. The Morgan fingerprint density at radius 2 is 2.30 bits per heavy atom. The highest BCUT2D eigenvalue weighted by Crippen LogP contribution is 2.37. The van der Waals surface area contributed by atoms with Crippen molar-refractivity contribution in [2.75, 3.05) is 30.8 Å². The van der Waals surface area contributed by atoms with Gasteiger partial charge in [-0.3, -0.25) is 5.10 Å². The third kappa shape index (κ3) is 2.21. The molecule has 0 radical (unpaired) electrons. The number of nitrogen functional groups attached to an aromatic ring is 1. The number of aliphatic hydroxyl groups excluding tert-OH is 1. The van der Waals surface area contributed by atoms with Crippen LogP contribution >= 0.6 is 11.3 Å². The third-order valence-electron chi connectivity index (χ3n) is 3.09. The van der Waals surface area contributed by atoms with Crippen molar-refractivity contribution in [3.63, 3.8) is 0 Å². The van der Waals surface area contributed by atoms with Crippen molar-refractivity contribution in [1.82, 2.24) is 15.2 Å². The number of H-pyrrole nitrogens is 1. The highest BCUT2D eigenvalue weighted by molar-refractivity contribution is 7.22. The normalized spacial score (nSPS) is 11.1. The first-order valence-electron chi connectivity index (χ1n) is 6.21. The van der Waals surface area contributed by atoms with Crippen molar-refractivity contribution in [3.05, 3.63) is 24.4 Å². The van der Waals surface area contributed by atoms with E-state index in [0.29, 0.717) is 12.4 Å². The number of pyridine rings is 1. The molecule has 0 aromatic carbocycles. The Bertz CT molecular complexity index is 722. The maximum absolute atomic E-state index is 9.10. The van der Waals surface area contributed by atoms with E-state index in [0.717, 1.165) is 26.5 Å². The standard InChI is InChI=1S/C13H15N5OS/c1-18(4-5-19)10-7-12(14)16-9-6-11(20-13(9)10)8-2-3-15-17-8/h2-3,6-7,19H,4-5H2,1H3,(H2,14,16)(H,15,17). The smallest absolute Gasteiger partial charge is 0.126 e. The van der Waals surface area contributed by atoms with E-state index in [1.807, 2.05) is 30.1 Å². The Morgan fingerprint density at radius 3 is 3.00 bits per heavy atom. The lowest BCUT2D eigenvalue weighted by molar-refractivity contribution is 0.304. The second-order valence-corrected chi connectivity index (χ2v) is 5.56. The van der Waals surface area contributed by atoms with Gasteiger partial charge < -0.3 is 15.7 Å². The average Bonchev–Trinajstić information content (AvgIpc) is 3.06. The summed E-state index contributed by atoms with van der Waals surface area (Å²) >= 11 is 1.63. The van der Waals surface area contributed by atoms with Crippen LogP contribution in [0.2, 0.25) is 0 Å². The van der Waals surface area contributed by atoms with Crippen LogP contribution in [0, 0.1) is 0 Å². The van der Waals surface area contributed by atoms with E-state index >= 15 is 0 Å². The first kappa shape index (κ1) is 12.9. The van der Waals surface area contributed by atoms with Crippen molar-refractivity contribution in [1.29, 1.82) is 0 Å². The van der Waals surface area contributed by atoms with Gasteiger partial charge in [-0.2, -0.15) is 5.10 Å². The van der Waals surface area contributed by atoms with Gasteiger partial charge in [0, 0.05) is 25.9 Å². The maximum atomic E-state index is 9.10. The van der Waals surface area contributed by atoms with Crippen LogP contribution in [0.25, 0.3) is 20.8 Å². The Balaban J connectivity index is 2.15. The van der Waals surface area contributed by atoms with E-state index in [1.54, 1.807) is 17.5 Å². The Labute approximate surface area is 119 Å². The maximum Gasteiger partial charge on any atom is 0.126 e. The number of anilines is 2. The number of nitrogens with zero attached hydrogens (tertiary/aromatic N) is 3. The fourth-order valence-electron chi connectivity index (χ4n) is 2.10. The molecule has 4 N–H and O–H groups in total. The molecular weight excluding hydrogens is 274 g/mol. The van der Waals surface area contributed by atoms with Gasteiger partial charge in [-0.1, -0.05) is 0 Å². The summed E-state index contributed by atoms with van der Waals surface area (Å²) in [6.07, 6.45) is 1.72. The monoisotopic (exact) mass is 289 g/mol. The van der Waals surface area contributed by atoms with Crippen molar-refractivity contribution in [2.24, 2.45) is 0 Å². The Morgan fingerprint density at radius 1 is 1.45 bits per heavy atom. The molecule has 3 aromatic rings. The number of hydrogen-bond donors (Lipinski definition) is 3. The number of aliphatic hydroxyl groups is 1. The van der Waals surface area contributed by atoms with E-state index < -0.39 is 0 Å². The molecule has 0 aliphatic rings. The molecule has 0 amide bonds. The molecule has 0 aliphatic carbocycles. The molecule has 0 fully saturated rings. The molecule has 7 heteroatoms. The quantitative estimate of drug-likeness (QED) is 0.680. The molecule has 3 heterocycles. The minimum atomic E-state index is 0.0962. The molecule has 0 saturated heterocycles. The second kappa shape index (κ2) is 5.10. The van der Waals surface area contributed by atoms with Crippen LogP contribution in [0.4, 0.5) is 11.5 Å². The highest BCUT2D eigenvalue weighted by atomic mass is 32.1. The number of likely N-dealkylation sites (N-methyl/N-ethyl adjacent to an activating group) is 1. The van der Waals surface area contributed by atoms with E-state index in [-0.39, 0.29) is 6.61 Å². The molecule has 20 heavy (non-hydrogen) atoms. The summed E-state index contributed by atoms with van der Waals surface area (Å²) < 4.78 is 1.06. The van der Waals surface area contributed by atoms with Crippen LogP contribution in [-0.2, 0) is 0 Å². The zero-order valence-electron chi connectivity index (χ0n) is 11.0. The molecular formula is C13H15N5OS.